The number of alkyl halides is 1. The van der Waals surface area contributed by atoms with Gasteiger partial charge in [0, 0.05) is 44.5 Å². The Kier molecular flexibility index (Phi) is 5.11. The standard InChI is InChI=1S/C13H23ClN2O/c14-7-3-6-13(17)16-10-8-15(9-11-16)12-4-1-2-5-12/h12H,1-11H2. The van der Waals surface area contributed by atoms with Gasteiger partial charge >= 0.3 is 0 Å². The zero-order valence-corrected chi connectivity index (χ0v) is 11.3. The van der Waals surface area contributed by atoms with E-state index in [0.717, 1.165) is 38.6 Å². The zero-order valence-electron chi connectivity index (χ0n) is 10.5. The summed E-state index contributed by atoms with van der Waals surface area (Å²) in [6, 6.07) is 0.801. The van der Waals surface area contributed by atoms with Gasteiger partial charge in [0.05, 0.1) is 0 Å². The number of halogens is 1. The molecule has 4 heteroatoms. The number of hydrogen-bond acceptors (Lipinski definition) is 2. The van der Waals surface area contributed by atoms with E-state index < -0.39 is 0 Å². The van der Waals surface area contributed by atoms with Gasteiger partial charge in [-0.25, -0.2) is 0 Å². The molecule has 17 heavy (non-hydrogen) atoms. The normalized spacial score (nSPS) is 23.2. The van der Waals surface area contributed by atoms with Crippen LogP contribution in [0.4, 0.5) is 0 Å². The Morgan fingerprint density at radius 2 is 1.76 bits per heavy atom. The topological polar surface area (TPSA) is 23.6 Å². The van der Waals surface area contributed by atoms with Gasteiger partial charge in [0.15, 0.2) is 0 Å². The first-order chi connectivity index (χ1) is 8.31. The number of nitrogens with zero attached hydrogens (tertiary/aromatic N) is 2. The van der Waals surface area contributed by atoms with Crippen molar-refractivity contribution in [2.75, 3.05) is 32.1 Å². The van der Waals surface area contributed by atoms with Crippen LogP contribution in [0.15, 0.2) is 0 Å². The van der Waals surface area contributed by atoms with Gasteiger partial charge in [0.25, 0.3) is 0 Å². The van der Waals surface area contributed by atoms with Crippen molar-refractivity contribution in [3.05, 3.63) is 0 Å². The van der Waals surface area contributed by atoms with Crippen LogP contribution in [0.25, 0.3) is 0 Å². The predicted octanol–water partition coefficient (Wildman–Crippen LogP) is 2.09. The van der Waals surface area contributed by atoms with Crippen LogP contribution in [-0.2, 0) is 4.79 Å². The van der Waals surface area contributed by atoms with E-state index in [1.165, 1.54) is 25.7 Å². The highest BCUT2D eigenvalue weighted by molar-refractivity contribution is 6.17. The van der Waals surface area contributed by atoms with E-state index >= 15 is 0 Å². The van der Waals surface area contributed by atoms with Crippen molar-refractivity contribution in [1.29, 1.82) is 0 Å². The van der Waals surface area contributed by atoms with Gasteiger partial charge in [-0.05, 0) is 19.3 Å². The molecule has 1 amide bonds. The minimum atomic E-state index is 0.289. The highest BCUT2D eigenvalue weighted by atomic mass is 35.5. The smallest absolute Gasteiger partial charge is 0.222 e. The molecule has 2 fully saturated rings. The van der Waals surface area contributed by atoms with Gasteiger partial charge in [-0.2, -0.15) is 0 Å². The van der Waals surface area contributed by atoms with Gasteiger partial charge in [-0.15, -0.1) is 11.6 Å². The number of carbonyl (C=O) groups excluding carboxylic acids is 1. The second-order valence-corrected chi connectivity index (χ2v) is 5.53. The molecule has 0 bridgehead atoms. The number of rotatable bonds is 4. The van der Waals surface area contributed by atoms with Crippen molar-refractivity contribution in [3.63, 3.8) is 0 Å². The van der Waals surface area contributed by atoms with E-state index in [9.17, 15) is 4.79 Å². The van der Waals surface area contributed by atoms with E-state index in [1.807, 2.05) is 4.90 Å². The third-order valence-electron chi connectivity index (χ3n) is 4.03. The first kappa shape index (κ1) is 13.2. The average Bonchev–Trinajstić information content (AvgIpc) is 2.90. The van der Waals surface area contributed by atoms with Crippen molar-refractivity contribution < 1.29 is 4.79 Å². The van der Waals surface area contributed by atoms with Gasteiger partial charge in [-0.1, -0.05) is 12.8 Å². The Balaban J connectivity index is 1.71. The van der Waals surface area contributed by atoms with Crippen LogP contribution in [0.1, 0.15) is 38.5 Å². The van der Waals surface area contributed by atoms with Gasteiger partial charge in [0.1, 0.15) is 0 Å². The molecule has 0 aromatic heterocycles. The molecule has 0 radical (unpaired) electrons. The van der Waals surface area contributed by atoms with Crippen molar-refractivity contribution in [2.24, 2.45) is 0 Å². The van der Waals surface area contributed by atoms with E-state index in [-0.39, 0.29) is 5.91 Å². The molecule has 0 aromatic rings. The summed E-state index contributed by atoms with van der Waals surface area (Å²) in [7, 11) is 0. The first-order valence-corrected chi connectivity index (χ1v) is 7.42. The Bertz CT molecular complexity index is 246. The maximum absolute atomic E-state index is 11.8. The quantitative estimate of drug-likeness (QED) is 0.721. The summed E-state index contributed by atoms with van der Waals surface area (Å²) in [5.74, 6) is 0.880. The third kappa shape index (κ3) is 3.59. The fourth-order valence-corrected chi connectivity index (χ4v) is 3.12. The zero-order chi connectivity index (χ0) is 12.1. The number of amides is 1. The SMILES string of the molecule is O=C(CCCCl)N1CCN(C2CCCC2)CC1. The summed E-state index contributed by atoms with van der Waals surface area (Å²) in [6.07, 6.45) is 6.93. The van der Waals surface area contributed by atoms with Gasteiger partial charge in [0.2, 0.25) is 5.91 Å². The number of carbonyl (C=O) groups is 1. The summed E-state index contributed by atoms with van der Waals surface area (Å²) in [6.45, 7) is 3.96. The molecule has 98 valence electrons. The lowest BCUT2D eigenvalue weighted by molar-refractivity contribution is -0.133. The minimum absolute atomic E-state index is 0.289. The molecule has 0 N–H and O–H groups in total. The van der Waals surface area contributed by atoms with Gasteiger partial charge in [-0.3, -0.25) is 9.69 Å². The van der Waals surface area contributed by atoms with Gasteiger partial charge < -0.3 is 4.90 Å². The molecule has 2 rings (SSSR count). The third-order valence-corrected chi connectivity index (χ3v) is 4.30. The predicted molar refractivity (Wildman–Crippen MR) is 70.4 cm³/mol. The van der Waals surface area contributed by atoms with Crippen molar-refractivity contribution in [3.8, 4) is 0 Å². The Morgan fingerprint density at radius 3 is 2.35 bits per heavy atom. The van der Waals surface area contributed by atoms with Crippen molar-refractivity contribution in [1.82, 2.24) is 9.80 Å². The van der Waals surface area contributed by atoms with Crippen LogP contribution in [0.3, 0.4) is 0 Å². The summed E-state index contributed by atoms with van der Waals surface area (Å²) in [5, 5.41) is 0. The summed E-state index contributed by atoms with van der Waals surface area (Å²) >= 11 is 5.61. The Hall–Kier alpha value is -0.280. The van der Waals surface area contributed by atoms with E-state index in [1.54, 1.807) is 0 Å². The summed E-state index contributed by atoms with van der Waals surface area (Å²) < 4.78 is 0. The molecule has 2 aliphatic rings. The first-order valence-electron chi connectivity index (χ1n) is 6.89. The lowest BCUT2D eigenvalue weighted by atomic mass is 10.1. The van der Waals surface area contributed by atoms with Crippen LogP contribution in [0, 0.1) is 0 Å². The molecular weight excluding hydrogens is 236 g/mol. The molecule has 1 saturated heterocycles. The monoisotopic (exact) mass is 258 g/mol. The van der Waals surface area contributed by atoms with E-state index in [0.29, 0.717) is 12.3 Å². The van der Waals surface area contributed by atoms with Crippen LogP contribution in [0.5, 0.6) is 0 Å². The van der Waals surface area contributed by atoms with E-state index in [2.05, 4.69) is 4.90 Å². The second kappa shape index (κ2) is 6.60. The molecule has 1 aliphatic heterocycles. The summed E-state index contributed by atoms with van der Waals surface area (Å²) in [4.78, 5) is 16.4. The highest BCUT2D eigenvalue weighted by Gasteiger charge is 2.27. The lowest BCUT2D eigenvalue weighted by Gasteiger charge is -2.38. The maximum Gasteiger partial charge on any atom is 0.222 e. The van der Waals surface area contributed by atoms with Crippen LogP contribution in [-0.4, -0.2) is 53.8 Å². The van der Waals surface area contributed by atoms with Crippen LogP contribution in [0.2, 0.25) is 0 Å². The van der Waals surface area contributed by atoms with Crippen molar-refractivity contribution in [2.45, 2.75) is 44.6 Å². The van der Waals surface area contributed by atoms with Crippen LogP contribution < -0.4 is 0 Å². The fraction of sp³-hybridized carbons (Fsp3) is 0.923. The Morgan fingerprint density at radius 1 is 1.12 bits per heavy atom. The molecule has 0 aromatic carbocycles. The molecule has 0 unspecified atom stereocenters. The molecule has 1 aliphatic carbocycles. The van der Waals surface area contributed by atoms with Crippen molar-refractivity contribution >= 4 is 17.5 Å². The lowest BCUT2D eigenvalue weighted by Crippen LogP contribution is -2.51. The average molecular weight is 259 g/mol. The minimum Gasteiger partial charge on any atom is -0.340 e. The number of hydrogen-bond donors (Lipinski definition) is 0. The highest BCUT2D eigenvalue weighted by Crippen LogP contribution is 2.24. The second-order valence-electron chi connectivity index (χ2n) is 5.15. The largest absolute Gasteiger partial charge is 0.340 e. The molecule has 0 atom stereocenters. The molecule has 1 heterocycles. The molecule has 1 saturated carbocycles. The summed E-state index contributed by atoms with van der Waals surface area (Å²) in [5.41, 5.74) is 0. The maximum atomic E-state index is 11.8. The number of piperazine rings is 1. The fourth-order valence-electron chi connectivity index (χ4n) is 2.98. The van der Waals surface area contributed by atoms with E-state index in [4.69, 9.17) is 11.6 Å². The Labute approximate surface area is 109 Å². The molecule has 0 spiro atoms. The molecule has 3 nitrogen and oxygen atoms in total. The molecular formula is C13H23ClN2O. The van der Waals surface area contributed by atoms with Crippen LogP contribution >= 0.6 is 11.6 Å².